The molecule has 0 amide bonds. The molecule has 3 rings (SSSR count). The number of likely N-dealkylation sites (N-methyl/N-ethyl adjacent to an activating group) is 1. The fourth-order valence-corrected chi connectivity index (χ4v) is 4.41. The van der Waals surface area contributed by atoms with Gasteiger partial charge in [-0.05, 0) is 40.2 Å². The van der Waals surface area contributed by atoms with E-state index < -0.39 is 0 Å². The number of halogens is 2. The van der Waals surface area contributed by atoms with Gasteiger partial charge < -0.3 is 10.1 Å². The van der Waals surface area contributed by atoms with E-state index in [-0.39, 0.29) is 12.1 Å². The summed E-state index contributed by atoms with van der Waals surface area (Å²) in [6.45, 7) is 3.01. The van der Waals surface area contributed by atoms with E-state index in [4.69, 9.17) is 16.3 Å². The van der Waals surface area contributed by atoms with Crippen molar-refractivity contribution in [3.8, 4) is 5.75 Å². The summed E-state index contributed by atoms with van der Waals surface area (Å²) in [5.41, 5.74) is 1.28. The van der Waals surface area contributed by atoms with Gasteiger partial charge in [0.25, 0.3) is 0 Å². The molecule has 2 atom stereocenters. The molecule has 20 heavy (non-hydrogen) atoms. The van der Waals surface area contributed by atoms with Crippen LogP contribution in [0.3, 0.4) is 0 Å². The van der Waals surface area contributed by atoms with E-state index in [1.54, 1.807) is 11.3 Å². The monoisotopic (exact) mass is 371 g/mol. The Labute approximate surface area is 136 Å². The average molecular weight is 373 g/mol. The summed E-state index contributed by atoms with van der Waals surface area (Å²) in [5.74, 6) is 1.00. The van der Waals surface area contributed by atoms with E-state index in [0.29, 0.717) is 0 Å². The van der Waals surface area contributed by atoms with Crippen LogP contribution >= 0.6 is 38.9 Å². The van der Waals surface area contributed by atoms with Gasteiger partial charge in [0.2, 0.25) is 0 Å². The summed E-state index contributed by atoms with van der Waals surface area (Å²) in [6, 6.07) is 10.5. The molecule has 0 radical (unpaired) electrons. The molecule has 0 aliphatic carbocycles. The minimum Gasteiger partial charge on any atom is -0.488 e. The van der Waals surface area contributed by atoms with Crippen LogP contribution in [0.1, 0.15) is 23.4 Å². The van der Waals surface area contributed by atoms with Crippen molar-refractivity contribution in [2.75, 3.05) is 6.54 Å². The van der Waals surface area contributed by atoms with Crippen molar-refractivity contribution in [1.82, 2.24) is 5.32 Å². The molecule has 1 aliphatic rings. The molecule has 1 aliphatic heterocycles. The van der Waals surface area contributed by atoms with Crippen molar-refractivity contribution >= 4 is 38.9 Å². The average Bonchev–Trinajstić information content (AvgIpc) is 3.00. The predicted molar refractivity (Wildman–Crippen MR) is 88.0 cm³/mol. The third-order valence-corrected chi connectivity index (χ3v) is 6.00. The van der Waals surface area contributed by atoms with Crippen LogP contribution in [0.15, 0.2) is 34.8 Å². The molecule has 1 aromatic heterocycles. The Kier molecular flexibility index (Phi) is 4.36. The maximum absolute atomic E-state index is 6.17. The van der Waals surface area contributed by atoms with Crippen LogP contribution in [-0.2, 0) is 6.42 Å². The van der Waals surface area contributed by atoms with Crippen molar-refractivity contribution in [2.24, 2.45) is 0 Å². The number of fused-ring (bicyclic) bond motifs is 1. The molecule has 1 N–H and O–H groups in total. The molecule has 1 aromatic carbocycles. The van der Waals surface area contributed by atoms with Crippen molar-refractivity contribution in [3.05, 3.63) is 49.6 Å². The first-order chi connectivity index (χ1) is 9.69. The lowest BCUT2D eigenvalue weighted by molar-refractivity contribution is 0.181. The van der Waals surface area contributed by atoms with Crippen LogP contribution in [0.25, 0.3) is 0 Å². The molecule has 2 heterocycles. The molecule has 0 bridgehead atoms. The van der Waals surface area contributed by atoms with Crippen LogP contribution in [0.5, 0.6) is 5.75 Å². The highest BCUT2D eigenvalue weighted by Crippen LogP contribution is 2.40. The maximum atomic E-state index is 6.17. The second-order valence-electron chi connectivity index (χ2n) is 4.77. The summed E-state index contributed by atoms with van der Waals surface area (Å²) in [4.78, 5) is 1.21. The van der Waals surface area contributed by atoms with E-state index in [0.717, 1.165) is 27.5 Å². The smallest absolute Gasteiger partial charge is 0.123 e. The van der Waals surface area contributed by atoms with Gasteiger partial charge in [0.1, 0.15) is 16.2 Å². The molecule has 0 fully saturated rings. The third-order valence-electron chi connectivity index (χ3n) is 3.44. The standard InChI is InChI=1S/C15H15BrClNOS/c1-2-18-14(13-8-10(16)15(17)20-13)12-7-9-5-3-4-6-11(9)19-12/h3-6,8,12,14,18H,2,7H2,1H3. The fraction of sp³-hybridized carbons (Fsp3) is 0.333. The third kappa shape index (κ3) is 2.75. The maximum Gasteiger partial charge on any atom is 0.123 e. The molecular formula is C15H15BrClNOS. The number of para-hydroxylation sites is 1. The molecule has 2 nitrogen and oxygen atoms in total. The predicted octanol–water partition coefficient (Wildman–Crippen LogP) is 4.82. The molecule has 2 unspecified atom stereocenters. The van der Waals surface area contributed by atoms with Gasteiger partial charge >= 0.3 is 0 Å². The van der Waals surface area contributed by atoms with Gasteiger partial charge in [0, 0.05) is 15.8 Å². The number of nitrogens with one attached hydrogen (secondary N) is 1. The number of ether oxygens (including phenoxy) is 1. The number of hydrogen-bond donors (Lipinski definition) is 1. The highest BCUT2D eigenvalue weighted by Gasteiger charge is 2.32. The number of rotatable bonds is 4. The Hall–Kier alpha value is -0.550. The quantitative estimate of drug-likeness (QED) is 0.831. The molecule has 0 spiro atoms. The Bertz CT molecular complexity index is 571. The topological polar surface area (TPSA) is 21.3 Å². The molecule has 0 saturated heterocycles. The van der Waals surface area contributed by atoms with Crippen LogP contribution < -0.4 is 10.1 Å². The van der Waals surface area contributed by atoms with E-state index >= 15 is 0 Å². The summed E-state index contributed by atoms with van der Waals surface area (Å²) in [7, 11) is 0. The second-order valence-corrected chi connectivity index (χ2v) is 7.31. The Morgan fingerprint density at radius 1 is 1.50 bits per heavy atom. The van der Waals surface area contributed by atoms with E-state index in [2.05, 4.69) is 46.4 Å². The second kappa shape index (κ2) is 6.06. The van der Waals surface area contributed by atoms with E-state index in [1.807, 2.05) is 12.1 Å². The van der Waals surface area contributed by atoms with Crippen molar-refractivity contribution in [2.45, 2.75) is 25.5 Å². The van der Waals surface area contributed by atoms with Crippen LogP contribution in [-0.4, -0.2) is 12.6 Å². The van der Waals surface area contributed by atoms with Crippen molar-refractivity contribution < 1.29 is 4.74 Å². The highest BCUT2D eigenvalue weighted by atomic mass is 79.9. The van der Waals surface area contributed by atoms with Crippen LogP contribution in [0.2, 0.25) is 4.34 Å². The number of hydrogen-bond acceptors (Lipinski definition) is 3. The van der Waals surface area contributed by atoms with Gasteiger partial charge in [-0.15, -0.1) is 11.3 Å². The van der Waals surface area contributed by atoms with Crippen LogP contribution in [0, 0.1) is 0 Å². The normalized spacial score (nSPS) is 18.6. The largest absolute Gasteiger partial charge is 0.488 e. The molecule has 5 heteroatoms. The van der Waals surface area contributed by atoms with E-state index in [9.17, 15) is 0 Å². The Morgan fingerprint density at radius 2 is 2.30 bits per heavy atom. The minimum absolute atomic E-state index is 0.119. The zero-order valence-electron chi connectivity index (χ0n) is 11.0. The first-order valence-electron chi connectivity index (χ1n) is 6.61. The molecule has 2 aromatic rings. The minimum atomic E-state index is 0.119. The van der Waals surface area contributed by atoms with Gasteiger partial charge in [0.05, 0.1) is 6.04 Å². The van der Waals surface area contributed by atoms with E-state index in [1.165, 1.54) is 10.4 Å². The molecule has 0 saturated carbocycles. The van der Waals surface area contributed by atoms with Crippen molar-refractivity contribution in [3.63, 3.8) is 0 Å². The van der Waals surface area contributed by atoms with Gasteiger partial charge in [-0.2, -0.15) is 0 Å². The van der Waals surface area contributed by atoms with Gasteiger partial charge in [-0.25, -0.2) is 0 Å². The van der Waals surface area contributed by atoms with Gasteiger partial charge in [0.15, 0.2) is 0 Å². The summed E-state index contributed by atoms with van der Waals surface area (Å²) < 4.78 is 7.86. The Balaban J connectivity index is 1.86. The highest BCUT2D eigenvalue weighted by molar-refractivity contribution is 9.10. The molecular weight excluding hydrogens is 358 g/mol. The van der Waals surface area contributed by atoms with Gasteiger partial charge in [-0.3, -0.25) is 0 Å². The lowest BCUT2D eigenvalue weighted by Crippen LogP contribution is -2.34. The number of thiophene rings is 1. The summed E-state index contributed by atoms with van der Waals surface area (Å²) in [5, 5.41) is 3.52. The summed E-state index contributed by atoms with van der Waals surface area (Å²) in [6.07, 6.45) is 1.05. The first kappa shape index (κ1) is 14.4. The first-order valence-corrected chi connectivity index (χ1v) is 8.60. The fourth-order valence-electron chi connectivity index (χ4n) is 2.55. The zero-order chi connectivity index (χ0) is 14.1. The molecule has 106 valence electrons. The lowest BCUT2D eigenvalue weighted by Gasteiger charge is -2.23. The summed E-state index contributed by atoms with van der Waals surface area (Å²) >= 11 is 11.3. The lowest BCUT2D eigenvalue weighted by atomic mass is 10.0. The number of benzene rings is 1. The van der Waals surface area contributed by atoms with Crippen LogP contribution in [0.4, 0.5) is 0 Å². The Morgan fingerprint density at radius 3 is 2.95 bits per heavy atom. The van der Waals surface area contributed by atoms with Crippen molar-refractivity contribution in [1.29, 1.82) is 0 Å². The SMILES string of the molecule is CCNC(c1cc(Br)c(Cl)s1)C1Cc2ccccc2O1. The van der Waals surface area contributed by atoms with Gasteiger partial charge in [-0.1, -0.05) is 36.7 Å². The zero-order valence-corrected chi connectivity index (χ0v) is 14.2.